The largest absolute Gasteiger partial charge is 0.342 e. The maximum absolute atomic E-state index is 11.7. The van der Waals surface area contributed by atoms with E-state index in [9.17, 15) is 4.79 Å². The van der Waals surface area contributed by atoms with Gasteiger partial charge in [-0.05, 0) is 5.56 Å². The topological polar surface area (TPSA) is 46.9 Å². The minimum Gasteiger partial charge on any atom is -0.342 e. The standard InChI is InChI=1S/C14H17N3O/c1-3-12(18)16-13(11-7-5-4-6-8-11)14-15-9-10-17(14)2/h4-10,13H,3H2,1-2H3,(H,16,18). The second-order valence-electron chi connectivity index (χ2n) is 4.16. The monoisotopic (exact) mass is 243 g/mol. The van der Waals surface area contributed by atoms with Crippen LogP contribution in [0.5, 0.6) is 0 Å². The molecule has 1 aromatic heterocycles. The van der Waals surface area contributed by atoms with Gasteiger partial charge in [-0.15, -0.1) is 0 Å². The number of nitrogens with zero attached hydrogens (tertiary/aromatic N) is 2. The van der Waals surface area contributed by atoms with Crippen molar-refractivity contribution in [1.82, 2.24) is 14.9 Å². The Bertz CT molecular complexity index is 519. The van der Waals surface area contributed by atoms with E-state index in [1.54, 1.807) is 6.20 Å². The third-order valence-electron chi connectivity index (χ3n) is 2.88. The van der Waals surface area contributed by atoms with Crippen LogP contribution < -0.4 is 5.32 Å². The van der Waals surface area contributed by atoms with Crippen LogP contribution in [0.15, 0.2) is 42.7 Å². The Labute approximate surface area is 107 Å². The SMILES string of the molecule is CCC(=O)NC(c1ccccc1)c1nccn1C. The average Bonchev–Trinajstić information content (AvgIpc) is 2.83. The zero-order chi connectivity index (χ0) is 13.0. The Kier molecular flexibility index (Phi) is 3.77. The van der Waals surface area contributed by atoms with Gasteiger partial charge in [-0.2, -0.15) is 0 Å². The molecule has 18 heavy (non-hydrogen) atoms. The van der Waals surface area contributed by atoms with Crippen molar-refractivity contribution in [2.24, 2.45) is 7.05 Å². The van der Waals surface area contributed by atoms with Crippen LogP contribution in [0, 0.1) is 0 Å². The molecule has 0 radical (unpaired) electrons. The van der Waals surface area contributed by atoms with Gasteiger partial charge < -0.3 is 9.88 Å². The van der Waals surface area contributed by atoms with Crippen LogP contribution in [0.25, 0.3) is 0 Å². The summed E-state index contributed by atoms with van der Waals surface area (Å²) in [5.41, 5.74) is 1.04. The smallest absolute Gasteiger partial charge is 0.220 e. The van der Waals surface area contributed by atoms with Crippen LogP contribution in [0.3, 0.4) is 0 Å². The molecule has 2 aromatic rings. The molecule has 0 aliphatic carbocycles. The Morgan fingerprint density at radius 2 is 2.11 bits per heavy atom. The van der Waals surface area contributed by atoms with Crippen LogP contribution in [0.2, 0.25) is 0 Å². The van der Waals surface area contributed by atoms with Crippen molar-refractivity contribution in [1.29, 1.82) is 0 Å². The predicted octanol–water partition coefficient (Wildman–Crippen LogP) is 2.04. The number of aromatic nitrogens is 2. The molecule has 0 aliphatic rings. The number of carbonyl (C=O) groups is 1. The molecule has 0 saturated carbocycles. The van der Waals surface area contributed by atoms with Gasteiger partial charge in [-0.3, -0.25) is 4.79 Å². The summed E-state index contributed by atoms with van der Waals surface area (Å²) >= 11 is 0. The lowest BCUT2D eigenvalue weighted by Gasteiger charge is -2.18. The number of hydrogen-bond acceptors (Lipinski definition) is 2. The van der Waals surface area contributed by atoms with Gasteiger partial charge in [0.15, 0.2) is 0 Å². The van der Waals surface area contributed by atoms with Gasteiger partial charge in [0.1, 0.15) is 11.9 Å². The summed E-state index contributed by atoms with van der Waals surface area (Å²) < 4.78 is 1.92. The van der Waals surface area contributed by atoms with Crippen molar-refractivity contribution in [3.05, 3.63) is 54.1 Å². The Hall–Kier alpha value is -2.10. The molecule has 4 heteroatoms. The molecule has 1 N–H and O–H groups in total. The summed E-state index contributed by atoms with van der Waals surface area (Å²) in [4.78, 5) is 16.0. The number of carbonyl (C=O) groups excluding carboxylic acids is 1. The summed E-state index contributed by atoms with van der Waals surface area (Å²) in [6.07, 6.45) is 4.08. The summed E-state index contributed by atoms with van der Waals surface area (Å²) in [5.74, 6) is 0.856. The van der Waals surface area contributed by atoms with Crippen LogP contribution in [-0.4, -0.2) is 15.5 Å². The highest BCUT2D eigenvalue weighted by atomic mass is 16.1. The minimum absolute atomic E-state index is 0.0202. The van der Waals surface area contributed by atoms with Crippen molar-refractivity contribution >= 4 is 5.91 Å². The number of hydrogen-bond donors (Lipinski definition) is 1. The number of imidazole rings is 1. The first kappa shape index (κ1) is 12.4. The van der Waals surface area contributed by atoms with Gasteiger partial charge in [0.25, 0.3) is 0 Å². The number of benzene rings is 1. The number of rotatable bonds is 4. The van der Waals surface area contributed by atoms with E-state index in [0.717, 1.165) is 11.4 Å². The van der Waals surface area contributed by atoms with Gasteiger partial charge in [0, 0.05) is 25.9 Å². The van der Waals surface area contributed by atoms with Crippen molar-refractivity contribution in [2.75, 3.05) is 0 Å². The Balaban J connectivity index is 2.35. The van der Waals surface area contributed by atoms with E-state index in [2.05, 4.69) is 10.3 Å². The molecular formula is C14H17N3O. The molecule has 1 unspecified atom stereocenters. The zero-order valence-corrected chi connectivity index (χ0v) is 10.6. The fourth-order valence-corrected chi connectivity index (χ4v) is 1.86. The van der Waals surface area contributed by atoms with Crippen molar-refractivity contribution in [3.63, 3.8) is 0 Å². The van der Waals surface area contributed by atoms with Gasteiger partial charge in [0.2, 0.25) is 5.91 Å². The molecule has 4 nitrogen and oxygen atoms in total. The molecule has 1 amide bonds. The predicted molar refractivity (Wildman–Crippen MR) is 69.9 cm³/mol. The number of nitrogens with one attached hydrogen (secondary N) is 1. The first-order valence-electron chi connectivity index (χ1n) is 6.04. The molecule has 0 bridgehead atoms. The quantitative estimate of drug-likeness (QED) is 0.893. The molecule has 1 atom stereocenters. The second kappa shape index (κ2) is 5.49. The summed E-state index contributed by atoms with van der Waals surface area (Å²) in [6.45, 7) is 1.84. The van der Waals surface area contributed by atoms with Gasteiger partial charge in [0.05, 0.1) is 0 Å². The molecule has 2 rings (SSSR count). The van der Waals surface area contributed by atoms with Crippen molar-refractivity contribution in [2.45, 2.75) is 19.4 Å². The molecule has 0 aliphatic heterocycles. The van der Waals surface area contributed by atoms with Crippen molar-refractivity contribution < 1.29 is 4.79 Å². The molecule has 0 spiro atoms. The summed E-state index contributed by atoms with van der Waals surface area (Å²) in [7, 11) is 1.93. The van der Waals surface area contributed by atoms with E-state index in [1.165, 1.54) is 0 Å². The number of amides is 1. The zero-order valence-electron chi connectivity index (χ0n) is 10.6. The van der Waals surface area contributed by atoms with Crippen LogP contribution in [-0.2, 0) is 11.8 Å². The van der Waals surface area contributed by atoms with Crippen molar-refractivity contribution in [3.8, 4) is 0 Å². The first-order valence-corrected chi connectivity index (χ1v) is 6.04. The lowest BCUT2D eigenvalue weighted by atomic mass is 10.1. The van der Waals surface area contributed by atoms with E-state index < -0.39 is 0 Å². The average molecular weight is 243 g/mol. The maximum atomic E-state index is 11.7. The molecular weight excluding hydrogens is 226 g/mol. The third kappa shape index (κ3) is 2.59. The molecule has 94 valence electrons. The minimum atomic E-state index is -0.196. The molecule has 1 heterocycles. The van der Waals surface area contributed by atoms with Crippen LogP contribution in [0.1, 0.15) is 30.8 Å². The molecule has 0 fully saturated rings. The highest BCUT2D eigenvalue weighted by molar-refractivity contribution is 5.76. The van der Waals surface area contributed by atoms with E-state index in [4.69, 9.17) is 0 Å². The van der Waals surface area contributed by atoms with Crippen LogP contribution in [0.4, 0.5) is 0 Å². The lowest BCUT2D eigenvalue weighted by molar-refractivity contribution is -0.121. The molecule has 1 aromatic carbocycles. The summed E-state index contributed by atoms with van der Waals surface area (Å²) in [6, 6.07) is 9.68. The fraction of sp³-hybridized carbons (Fsp3) is 0.286. The first-order chi connectivity index (χ1) is 8.72. The van der Waals surface area contributed by atoms with Gasteiger partial charge in [-0.25, -0.2) is 4.98 Å². The molecule has 0 saturated heterocycles. The highest BCUT2D eigenvalue weighted by Gasteiger charge is 2.19. The second-order valence-corrected chi connectivity index (χ2v) is 4.16. The maximum Gasteiger partial charge on any atom is 0.220 e. The fourth-order valence-electron chi connectivity index (χ4n) is 1.86. The van der Waals surface area contributed by atoms with Gasteiger partial charge >= 0.3 is 0 Å². The van der Waals surface area contributed by atoms with E-state index in [1.807, 2.05) is 55.1 Å². The van der Waals surface area contributed by atoms with Gasteiger partial charge in [-0.1, -0.05) is 37.3 Å². The van der Waals surface area contributed by atoms with E-state index in [-0.39, 0.29) is 11.9 Å². The normalized spacial score (nSPS) is 12.1. The Morgan fingerprint density at radius 3 is 2.67 bits per heavy atom. The number of aryl methyl sites for hydroxylation is 1. The summed E-state index contributed by atoms with van der Waals surface area (Å²) in [5, 5.41) is 3.00. The third-order valence-corrected chi connectivity index (χ3v) is 2.88. The Morgan fingerprint density at radius 1 is 1.39 bits per heavy atom. The van der Waals surface area contributed by atoms with Crippen LogP contribution >= 0.6 is 0 Å². The lowest BCUT2D eigenvalue weighted by Crippen LogP contribution is -2.30. The van der Waals surface area contributed by atoms with E-state index >= 15 is 0 Å². The van der Waals surface area contributed by atoms with E-state index in [0.29, 0.717) is 6.42 Å². The highest BCUT2D eigenvalue weighted by Crippen LogP contribution is 2.20.